The molecule has 64 valence electrons. The van der Waals surface area contributed by atoms with E-state index >= 15 is 0 Å². The van der Waals surface area contributed by atoms with E-state index < -0.39 is 0 Å². The molecule has 0 N–H and O–H groups in total. The van der Waals surface area contributed by atoms with Crippen LogP contribution in [0.3, 0.4) is 0 Å². The van der Waals surface area contributed by atoms with E-state index in [1.165, 1.54) is 5.56 Å². The number of rotatable bonds is 2. The summed E-state index contributed by atoms with van der Waals surface area (Å²) in [6.07, 6.45) is 2.06. The third kappa shape index (κ3) is 2.38. The summed E-state index contributed by atoms with van der Waals surface area (Å²) in [5, 5.41) is 1.12. The summed E-state index contributed by atoms with van der Waals surface area (Å²) in [7, 11) is 0. The highest BCUT2D eigenvalue weighted by Gasteiger charge is 1.97. The molecule has 0 atom stereocenters. The quantitative estimate of drug-likeness (QED) is 0.502. The van der Waals surface area contributed by atoms with Crippen molar-refractivity contribution in [1.82, 2.24) is 0 Å². The first kappa shape index (κ1) is 9.33. The largest absolute Gasteiger partial charge is 0.278 e. The monoisotopic (exact) mass is 179 g/mol. The Morgan fingerprint density at radius 2 is 2.00 bits per heavy atom. The van der Waals surface area contributed by atoms with Gasteiger partial charge in [0.1, 0.15) is 0 Å². The number of aliphatic imine (C=N–C) groups is 1. The molecule has 0 aliphatic rings. The van der Waals surface area contributed by atoms with E-state index in [1.807, 2.05) is 18.2 Å². The van der Waals surface area contributed by atoms with Gasteiger partial charge >= 0.3 is 0 Å². The summed E-state index contributed by atoms with van der Waals surface area (Å²) >= 11 is 1.70. The lowest BCUT2D eigenvalue weighted by Crippen LogP contribution is -1.94. The highest BCUT2D eigenvalue weighted by atomic mass is 32.2. The van der Waals surface area contributed by atoms with Crippen molar-refractivity contribution in [2.24, 2.45) is 4.99 Å². The van der Waals surface area contributed by atoms with E-state index in [-0.39, 0.29) is 0 Å². The van der Waals surface area contributed by atoms with Gasteiger partial charge in [0.2, 0.25) is 0 Å². The fourth-order valence-electron chi connectivity index (χ4n) is 0.998. The Morgan fingerprint density at radius 1 is 1.33 bits per heavy atom. The van der Waals surface area contributed by atoms with Crippen LogP contribution in [-0.4, -0.2) is 17.8 Å². The van der Waals surface area contributed by atoms with Crippen molar-refractivity contribution >= 4 is 16.8 Å². The molecule has 1 aromatic rings. The molecule has 2 heteroatoms. The van der Waals surface area contributed by atoms with Gasteiger partial charge in [0.25, 0.3) is 0 Å². The minimum Gasteiger partial charge on any atom is -0.278 e. The summed E-state index contributed by atoms with van der Waals surface area (Å²) in [5.41, 5.74) is 1.21. The summed E-state index contributed by atoms with van der Waals surface area (Å²) in [5.74, 6) is 0. The SMILES string of the molecule is CCN=C(SC)c1ccccc1. The Bertz CT molecular complexity index is 254. The second kappa shape index (κ2) is 4.99. The van der Waals surface area contributed by atoms with E-state index in [4.69, 9.17) is 0 Å². The standard InChI is InChI=1S/C10H13NS/c1-3-11-10(12-2)9-7-5-4-6-8-9/h4-8H,3H2,1-2H3. The lowest BCUT2D eigenvalue weighted by Gasteiger charge is -2.01. The van der Waals surface area contributed by atoms with Gasteiger partial charge in [-0.25, -0.2) is 0 Å². The molecular weight excluding hydrogens is 166 g/mol. The summed E-state index contributed by atoms with van der Waals surface area (Å²) in [6, 6.07) is 10.3. The lowest BCUT2D eigenvalue weighted by molar-refractivity contribution is 1.14. The molecule has 0 heterocycles. The van der Waals surface area contributed by atoms with Crippen molar-refractivity contribution in [3.8, 4) is 0 Å². The van der Waals surface area contributed by atoms with Gasteiger partial charge in [-0.15, -0.1) is 11.8 Å². The summed E-state index contributed by atoms with van der Waals surface area (Å²) in [6.45, 7) is 2.91. The van der Waals surface area contributed by atoms with Gasteiger partial charge in [-0.2, -0.15) is 0 Å². The number of hydrogen-bond acceptors (Lipinski definition) is 2. The zero-order chi connectivity index (χ0) is 8.81. The average Bonchev–Trinajstić information content (AvgIpc) is 2.15. The van der Waals surface area contributed by atoms with Crippen LogP contribution in [0.15, 0.2) is 35.3 Å². The van der Waals surface area contributed by atoms with Crippen LogP contribution in [-0.2, 0) is 0 Å². The molecule has 0 aromatic heterocycles. The van der Waals surface area contributed by atoms with Gasteiger partial charge in [-0.1, -0.05) is 30.3 Å². The van der Waals surface area contributed by atoms with Gasteiger partial charge in [0.05, 0.1) is 5.04 Å². The molecule has 12 heavy (non-hydrogen) atoms. The molecule has 0 saturated carbocycles. The first-order chi connectivity index (χ1) is 5.88. The van der Waals surface area contributed by atoms with Crippen LogP contribution in [0.4, 0.5) is 0 Å². The fraction of sp³-hybridized carbons (Fsp3) is 0.300. The summed E-state index contributed by atoms with van der Waals surface area (Å²) in [4.78, 5) is 4.39. The number of nitrogens with zero attached hydrogens (tertiary/aromatic N) is 1. The van der Waals surface area contributed by atoms with Crippen LogP contribution in [0.5, 0.6) is 0 Å². The molecular formula is C10H13NS. The van der Waals surface area contributed by atoms with Crippen LogP contribution in [0.1, 0.15) is 12.5 Å². The molecule has 1 aromatic carbocycles. The minimum absolute atomic E-state index is 0.852. The summed E-state index contributed by atoms with van der Waals surface area (Å²) < 4.78 is 0. The predicted molar refractivity (Wildman–Crippen MR) is 57.0 cm³/mol. The van der Waals surface area contributed by atoms with Gasteiger partial charge in [0, 0.05) is 12.1 Å². The van der Waals surface area contributed by atoms with Crippen LogP contribution < -0.4 is 0 Å². The molecule has 1 rings (SSSR count). The lowest BCUT2D eigenvalue weighted by atomic mass is 10.2. The minimum atomic E-state index is 0.852. The van der Waals surface area contributed by atoms with E-state index in [0.29, 0.717) is 0 Å². The Morgan fingerprint density at radius 3 is 2.50 bits per heavy atom. The molecule has 0 amide bonds. The molecule has 1 nitrogen and oxygen atoms in total. The molecule has 0 spiro atoms. The maximum atomic E-state index is 4.39. The highest BCUT2D eigenvalue weighted by molar-refractivity contribution is 8.13. The zero-order valence-corrected chi connectivity index (χ0v) is 8.27. The second-order valence-electron chi connectivity index (χ2n) is 2.35. The maximum absolute atomic E-state index is 4.39. The number of thioether (sulfide) groups is 1. The van der Waals surface area contributed by atoms with Crippen molar-refractivity contribution in [3.63, 3.8) is 0 Å². The van der Waals surface area contributed by atoms with Crippen molar-refractivity contribution in [3.05, 3.63) is 35.9 Å². The zero-order valence-electron chi connectivity index (χ0n) is 7.45. The molecule has 0 unspecified atom stereocenters. The normalized spacial score (nSPS) is 11.7. The first-order valence-electron chi connectivity index (χ1n) is 4.02. The van der Waals surface area contributed by atoms with E-state index in [1.54, 1.807) is 11.8 Å². The van der Waals surface area contributed by atoms with Crippen molar-refractivity contribution in [2.45, 2.75) is 6.92 Å². The van der Waals surface area contributed by atoms with E-state index in [9.17, 15) is 0 Å². The van der Waals surface area contributed by atoms with Crippen LogP contribution in [0, 0.1) is 0 Å². The Kier molecular flexibility index (Phi) is 3.88. The van der Waals surface area contributed by atoms with Crippen molar-refractivity contribution < 1.29 is 0 Å². The maximum Gasteiger partial charge on any atom is 0.0973 e. The van der Waals surface area contributed by atoms with Gasteiger partial charge in [-0.05, 0) is 13.2 Å². The average molecular weight is 179 g/mol. The smallest absolute Gasteiger partial charge is 0.0973 e. The third-order valence-corrected chi connectivity index (χ3v) is 2.27. The van der Waals surface area contributed by atoms with Crippen LogP contribution in [0.2, 0.25) is 0 Å². The van der Waals surface area contributed by atoms with Crippen molar-refractivity contribution in [1.29, 1.82) is 0 Å². The topological polar surface area (TPSA) is 12.4 Å². The molecule has 0 saturated heterocycles. The Labute approximate surface area is 77.9 Å². The van der Waals surface area contributed by atoms with Gasteiger partial charge < -0.3 is 0 Å². The predicted octanol–water partition coefficient (Wildman–Crippen LogP) is 2.82. The molecule has 0 bridgehead atoms. The number of hydrogen-bond donors (Lipinski definition) is 0. The Hall–Kier alpha value is -0.760. The third-order valence-electron chi connectivity index (χ3n) is 1.52. The first-order valence-corrected chi connectivity index (χ1v) is 5.24. The van der Waals surface area contributed by atoms with E-state index in [0.717, 1.165) is 11.6 Å². The number of benzene rings is 1. The molecule has 0 aliphatic carbocycles. The fourth-order valence-corrected chi connectivity index (χ4v) is 1.63. The van der Waals surface area contributed by atoms with Gasteiger partial charge in [-0.3, -0.25) is 4.99 Å². The van der Waals surface area contributed by atoms with E-state index in [2.05, 4.69) is 30.3 Å². The highest BCUT2D eigenvalue weighted by Crippen LogP contribution is 2.10. The Balaban J connectivity index is 2.88. The molecule has 0 aliphatic heterocycles. The molecule has 0 fully saturated rings. The second-order valence-corrected chi connectivity index (χ2v) is 3.14. The molecule has 0 radical (unpaired) electrons. The van der Waals surface area contributed by atoms with Crippen LogP contribution in [0.25, 0.3) is 0 Å². The van der Waals surface area contributed by atoms with Crippen LogP contribution >= 0.6 is 11.8 Å². The van der Waals surface area contributed by atoms with Crippen molar-refractivity contribution in [2.75, 3.05) is 12.8 Å². The van der Waals surface area contributed by atoms with Gasteiger partial charge in [0.15, 0.2) is 0 Å².